The molecule has 1 aromatic heterocycles. The lowest BCUT2D eigenvalue weighted by atomic mass is 9.87. The minimum atomic E-state index is 0.0645. The van der Waals surface area contributed by atoms with Gasteiger partial charge in [0.25, 0.3) is 0 Å². The van der Waals surface area contributed by atoms with Gasteiger partial charge in [-0.15, -0.1) is 10.2 Å². The molecule has 1 unspecified atom stereocenters. The highest BCUT2D eigenvalue weighted by molar-refractivity contribution is 6.30. The van der Waals surface area contributed by atoms with Crippen LogP contribution in [0.4, 0.5) is 0 Å². The standard InChI is InChI=1S/C17H15ClN4O/c1-10-20-21-16-9-19-17(11-2-4-12(18)5-3-11)14-8-13(23)6-7-15(14)22(10)16/h2-5,8,15H,6-7,9H2,1H3. The predicted molar refractivity (Wildman–Crippen MR) is 87.8 cm³/mol. The van der Waals surface area contributed by atoms with E-state index < -0.39 is 0 Å². The summed E-state index contributed by atoms with van der Waals surface area (Å²) >= 11 is 5.99. The van der Waals surface area contributed by atoms with Crippen molar-refractivity contribution in [2.45, 2.75) is 32.4 Å². The van der Waals surface area contributed by atoms with E-state index in [1.807, 2.05) is 31.2 Å². The maximum atomic E-state index is 12.0. The number of aromatic nitrogens is 3. The first-order valence-electron chi connectivity index (χ1n) is 7.59. The molecular weight excluding hydrogens is 312 g/mol. The largest absolute Gasteiger partial charge is 0.306 e. The number of halogens is 1. The molecule has 2 aliphatic rings. The van der Waals surface area contributed by atoms with E-state index >= 15 is 0 Å². The fourth-order valence-electron chi connectivity index (χ4n) is 3.30. The van der Waals surface area contributed by atoms with Crippen LogP contribution in [0.15, 0.2) is 40.9 Å². The summed E-state index contributed by atoms with van der Waals surface area (Å²) in [5.74, 6) is 1.85. The Labute approximate surface area is 138 Å². The molecular formula is C17H15ClN4O. The third kappa shape index (κ3) is 2.41. The Morgan fingerprint density at radius 3 is 2.78 bits per heavy atom. The molecule has 0 N–H and O–H groups in total. The maximum absolute atomic E-state index is 12.0. The number of hydrogen-bond donors (Lipinski definition) is 0. The second kappa shape index (κ2) is 5.42. The average molecular weight is 327 g/mol. The summed E-state index contributed by atoms with van der Waals surface area (Å²) < 4.78 is 2.12. The molecule has 0 amide bonds. The molecule has 1 aromatic carbocycles. The summed E-state index contributed by atoms with van der Waals surface area (Å²) in [6, 6.07) is 7.63. The Hall–Kier alpha value is -2.27. The summed E-state index contributed by atoms with van der Waals surface area (Å²) in [6.07, 6.45) is 3.03. The fraction of sp³-hybridized carbons (Fsp3) is 0.294. The average Bonchev–Trinajstić information content (AvgIpc) is 2.82. The summed E-state index contributed by atoms with van der Waals surface area (Å²) in [4.78, 5) is 16.7. The van der Waals surface area contributed by atoms with Gasteiger partial charge in [0, 0.05) is 22.6 Å². The fourth-order valence-corrected chi connectivity index (χ4v) is 3.43. The normalized spacial score (nSPS) is 20.3. The SMILES string of the molecule is Cc1nnc2n1C1CCC(=O)C=C1C(c1ccc(Cl)cc1)=NC2. The van der Waals surface area contributed by atoms with E-state index in [9.17, 15) is 4.79 Å². The second-order valence-corrected chi connectivity index (χ2v) is 6.26. The number of rotatable bonds is 1. The van der Waals surface area contributed by atoms with Gasteiger partial charge in [-0.25, -0.2) is 0 Å². The minimum absolute atomic E-state index is 0.0645. The van der Waals surface area contributed by atoms with E-state index in [1.54, 1.807) is 6.08 Å². The summed E-state index contributed by atoms with van der Waals surface area (Å²) in [7, 11) is 0. The Balaban J connectivity index is 1.89. The molecule has 2 aromatic rings. The van der Waals surface area contributed by atoms with Crippen LogP contribution < -0.4 is 0 Å². The molecule has 0 fully saturated rings. The third-order valence-corrected chi connectivity index (χ3v) is 4.61. The Bertz CT molecular complexity index is 848. The summed E-state index contributed by atoms with van der Waals surface area (Å²) in [5, 5.41) is 9.10. The van der Waals surface area contributed by atoms with Crippen molar-refractivity contribution in [2.75, 3.05) is 0 Å². The molecule has 116 valence electrons. The quantitative estimate of drug-likeness (QED) is 0.809. The highest BCUT2D eigenvalue weighted by atomic mass is 35.5. The van der Waals surface area contributed by atoms with Crippen LogP contribution >= 0.6 is 11.6 Å². The molecule has 0 spiro atoms. The number of carbonyl (C=O) groups excluding carboxylic acids is 1. The lowest BCUT2D eigenvalue weighted by Gasteiger charge is -2.26. The van der Waals surface area contributed by atoms with Gasteiger partial charge in [0.2, 0.25) is 0 Å². The van der Waals surface area contributed by atoms with Gasteiger partial charge in [0.1, 0.15) is 5.82 Å². The zero-order valence-corrected chi connectivity index (χ0v) is 13.4. The number of aryl methyl sites for hydroxylation is 1. The zero-order valence-electron chi connectivity index (χ0n) is 12.7. The van der Waals surface area contributed by atoms with E-state index in [1.165, 1.54) is 0 Å². The molecule has 0 saturated carbocycles. The lowest BCUT2D eigenvalue weighted by Crippen LogP contribution is -2.24. The monoisotopic (exact) mass is 326 g/mol. The molecule has 23 heavy (non-hydrogen) atoms. The first-order valence-corrected chi connectivity index (χ1v) is 7.97. The van der Waals surface area contributed by atoms with Gasteiger partial charge in [-0.3, -0.25) is 9.79 Å². The van der Waals surface area contributed by atoms with E-state index in [0.717, 1.165) is 34.9 Å². The zero-order chi connectivity index (χ0) is 16.0. The number of carbonyl (C=O) groups is 1. The number of fused-ring (bicyclic) bond motifs is 3. The van der Waals surface area contributed by atoms with Crippen LogP contribution in [0.5, 0.6) is 0 Å². The molecule has 4 rings (SSSR count). The van der Waals surface area contributed by atoms with Crippen LogP contribution in [-0.4, -0.2) is 26.3 Å². The van der Waals surface area contributed by atoms with Crippen LogP contribution in [0.3, 0.4) is 0 Å². The van der Waals surface area contributed by atoms with E-state index in [2.05, 4.69) is 14.8 Å². The first kappa shape index (κ1) is 14.3. The molecule has 5 nitrogen and oxygen atoms in total. The van der Waals surface area contributed by atoms with Gasteiger partial charge < -0.3 is 4.57 Å². The van der Waals surface area contributed by atoms with Gasteiger partial charge in [-0.1, -0.05) is 23.7 Å². The molecule has 0 radical (unpaired) electrons. The summed E-state index contributed by atoms with van der Waals surface area (Å²) in [5.41, 5.74) is 2.77. The van der Waals surface area contributed by atoms with Crippen LogP contribution in [0.25, 0.3) is 0 Å². The van der Waals surface area contributed by atoms with E-state index in [4.69, 9.17) is 16.6 Å². The number of allylic oxidation sites excluding steroid dienone is 2. The van der Waals surface area contributed by atoms with Crippen LogP contribution in [0.1, 0.15) is 36.1 Å². The number of ketones is 1. The Kier molecular flexibility index (Phi) is 3.38. The van der Waals surface area contributed by atoms with Crippen molar-refractivity contribution in [3.05, 3.63) is 58.1 Å². The molecule has 1 aliphatic carbocycles. The van der Waals surface area contributed by atoms with Gasteiger partial charge in [0.15, 0.2) is 11.6 Å². The third-order valence-electron chi connectivity index (χ3n) is 4.36. The topological polar surface area (TPSA) is 60.1 Å². The molecule has 2 heterocycles. The van der Waals surface area contributed by atoms with Gasteiger partial charge in [-0.05, 0) is 31.6 Å². The number of aliphatic imine (C=N–C) groups is 1. The number of nitrogens with zero attached hydrogens (tertiary/aromatic N) is 4. The van der Waals surface area contributed by atoms with E-state index in [-0.39, 0.29) is 11.8 Å². The predicted octanol–water partition coefficient (Wildman–Crippen LogP) is 3.07. The lowest BCUT2D eigenvalue weighted by molar-refractivity contribution is -0.115. The maximum Gasteiger partial charge on any atom is 0.156 e. The number of hydrogen-bond acceptors (Lipinski definition) is 4. The van der Waals surface area contributed by atoms with Crippen molar-refractivity contribution < 1.29 is 4.79 Å². The van der Waals surface area contributed by atoms with Crippen molar-refractivity contribution in [1.29, 1.82) is 0 Å². The Morgan fingerprint density at radius 1 is 1.22 bits per heavy atom. The smallest absolute Gasteiger partial charge is 0.156 e. The first-order chi connectivity index (χ1) is 11.1. The van der Waals surface area contributed by atoms with Crippen molar-refractivity contribution in [3.63, 3.8) is 0 Å². The molecule has 0 bridgehead atoms. The minimum Gasteiger partial charge on any atom is -0.306 e. The number of benzene rings is 1. The van der Waals surface area contributed by atoms with Crippen LogP contribution in [0, 0.1) is 6.92 Å². The van der Waals surface area contributed by atoms with Crippen molar-refractivity contribution in [1.82, 2.24) is 14.8 Å². The van der Waals surface area contributed by atoms with Crippen LogP contribution in [-0.2, 0) is 11.3 Å². The van der Waals surface area contributed by atoms with Crippen molar-refractivity contribution in [3.8, 4) is 0 Å². The van der Waals surface area contributed by atoms with Crippen molar-refractivity contribution >= 4 is 23.1 Å². The van der Waals surface area contributed by atoms with Gasteiger partial charge in [0.05, 0.1) is 18.3 Å². The molecule has 1 aliphatic heterocycles. The highest BCUT2D eigenvalue weighted by Crippen LogP contribution is 2.35. The molecule has 0 saturated heterocycles. The van der Waals surface area contributed by atoms with Crippen LogP contribution in [0.2, 0.25) is 5.02 Å². The van der Waals surface area contributed by atoms with E-state index in [0.29, 0.717) is 18.0 Å². The van der Waals surface area contributed by atoms with Gasteiger partial charge in [-0.2, -0.15) is 0 Å². The Morgan fingerprint density at radius 2 is 2.00 bits per heavy atom. The van der Waals surface area contributed by atoms with Gasteiger partial charge >= 0.3 is 0 Å². The summed E-state index contributed by atoms with van der Waals surface area (Å²) in [6.45, 7) is 2.40. The molecule has 6 heteroatoms. The van der Waals surface area contributed by atoms with Crippen molar-refractivity contribution in [2.24, 2.45) is 4.99 Å². The highest BCUT2D eigenvalue weighted by Gasteiger charge is 2.32. The molecule has 1 atom stereocenters. The second-order valence-electron chi connectivity index (χ2n) is 5.83.